The Labute approximate surface area is 79.0 Å². The number of hydrogen-bond acceptors (Lipinski definition) is 3. The molecule has 0 spiro atoms. The van der Waals surface area contributed by atoms with Gasteiger partial charge in [-0.2, -0.15) is 5.26 Å². The van der Waals surface area contributed by atoms with Gasteiger partial charge in [-0.1, -0.05) is 13.3 Å². The number of nitrogens with zero attached hydrogens (tertiary/aromatic N) is 1. The predicted molar refractivity (Wildman–Crippen MR) is 49.3 cm³/mol. The van der Waals surface area contributed by atoms with Gasteiger partial charge in [0.05, 0.1) is 6.07 Å². The quantitative estimate of drug-likeness (QED) is 0.710. The average molecular weight is 202 g/mol. The van der Waals surface area contributed by atoms with Crippen LogP contribution in [-0.2, 0) is 10.0 Å². The van der Waals surface area contributed by atoms with Crippen molar-refractivity contribution in [1.29, 1.82) is 5.26 Å². The molecule has 13 heavy (non-hydrogen) atoms. The van der Waals surface area contributed by atoms with Crippen LogP contribution in [0.4, 0.5) is 0 Å². The molecule has 2 atom stereocenters. The van der Waals surface area contributed by atoms with E-state index in [1.165, 1.54) is 0 Å². The fraction of sp³-hybridized carbons (Fsp3) is 0.875. The van der Waals surface area contributed by atoms with Crippen molar-refractivity contribution in [2.75, 3.05) is 5.75 Å². The molecule has 0 amide bonds. The normalized spacial score (nSPS) is 26.8. The van der Waals surface area contributed by atoms with Crippen LogP contribution in [0.15, 0.2) is 0 Å². The van der Waals surface area contributed by atoms with Crippen LogP contribution in [0.25, 0.3) is 0 Å². The summed E-state index contributed by atoms with van der Waals surface area (Å²) in [6.07, 6.45) is 3.08. The lowest BCUT2D eigenvalue weighted by Gasteiger charge is -2.01. The lowest BCUT2D eigenvalue weighted by molar-refractivity contribution is 0.576. The minimum Gasteiger partial charge on any atom is -0.211 e. The van der Waals surface area contributed by atoms with E-state index in [1.54, 1.807) is 6.07 Å². The molecule has 1 rings (SSSR count). The maximum absolute atomic E-state index is 11.1. The Bertz CT molecular complexity index is 305. The number of nitriles is 1. The highest BCUT2D eigenvalue weighted by Gasteiger charge is 2.38. The monoisotopic (exact) mass is 202 g/mol. The van der Waals surface area contributed by atoms with Crippen LogP contribution in [0.2, 0.25) is 0 Å². The summed E-state index contributed by atoms with van der Waals surface area (Å²) in [5, 5.41) is 8.24. The molecular weight excluding hydrogens is 188 g/mol. The fourth-order valence-corrected chi connectivity index (χ4v) is 2.44. The summed E-state index contributed by atoms with van der Waals surface area (Å²) < 4.78 is 24.7. The minimum absolute atomic E-state index is 0.0956. The lowest BCUT2D eigenvalue weighted by Crippen LogP contribution is -2.28. The van der Waals surface area contributed by atoms with Crippen LogP contribution in [0.1, 0.15) is 26.2 Å². The fourth-order valence-electron chi connectivity index (χ4n) is 1.44. The summed E-state index contributed by atoms with van der Waals surface area (Å²) in [5.41, 5.74) is 0. The molecule has 0 aromatic rings. The van der Waals surface area contributed by atoms with Gasteiger partial charge in [-0.25, -0.2) is 13.1 Å². The van der Waals surface area contributed by atoms with E-state index in [9.17, 15) is 8.42 Å². The largest absolute Gasteiger partial charge is 0.225 e. The maximum atomic E-state index is 11.1. The first kappa shape index (κ1) is 10.5. The number of sulfonamides is 1. The molecule has 4 nitrogen and oxygen atoms in total. The second-order valence-corrected chi connectivity index (χ2v) is 5.18. The van der Waals surface area contributed by atoms with Crippen LogP contribution in [0, 0.1) is 17.2 Å². The molecule has 2 unspecified atom stereocenters. The Morgan fingerprint density at radius 1 is 1.62 bits per heavy atom. The van der Waals surface area contributed by atoms with Gasteiger partial charge in [0.15, 0.2) is 5.75 Å². The molecule has 0 saturated heterocycles. The maximum Gasteiger partial charge on any atom is 0.225 e. The topological polar surface area (TPSA) is 70.0 Å². The Morgan fingerprint density at radius 2 is 2.31 bits per heavy atom. The van der Waals surface area contributed by atoms with Gasteiger partial charge in [0, 0.05) is 6.04 Å². The highest BCUT2D eigenvalue weighted by atomic mass is 32.2. The predicted octanol–water partition coefficient (Wildman–Crippen LogP) is 0.618. The van der Waals surface area contributed by atoms with E-state index in [2.05, 4.69) is 11.6 Å². The van der Waals surface area contributed by atoms with Crippen LogP contribution in [0.3, 0.4) is 0 Å². The van der Waals surface area contributed by atoms with Gasteiger partial charge in [0.25, 0.3) is 0 Å². The van der Waals surface area contributed by atoms with Gasteiger partial charge >= 0.3 is 0 Å². The van der Waals surface area contributed by atoms with Crippen molar-refractivity contribution >= 4 is 10.0 Å². The molecule has 74 valence electrons. The number of rotatable bonds is 5. The van der Waals surface area contributed by atoms with E-state index < -0.39 is 15.8 Å². The van der Waals surface area contributed by atoms with Crippen molar-refractivity contribution in [2.45, 2.75) is 32.2 Å². The summed E-state index contributed by atoms with van der Waals surface area (Å²) in [7, 11) is -3.33. The highest BCUT2D eigenvalue weighted by molar-refractivity contribution is 7.89. The van der Waals surface area contributed by atoms with Gasteiger partial charge in [-0.3, -0.25) is 0 Å². The van der Waals surface area contributed by atoms with Crippen molar-refractivity contribution < 1.29 is 8.42 Å². The van der Waals surface area contributed by atoms with Crippen LogP contribution in [0.5, 0.6) is 0 Å². The molecule has 1 N–H and O–H groups in total. The van der Waals surface area contributed by atoms with Gasteiger partial charge in [-0.15, -0.1) is 0 Å². The molecule has 1 aliphatic carbocycles. The van der Waals surface area contributed by atoms with E-state index in [0.29, 0.717) is 5.92 Å². The third-order valence-electron chi connectivity index (χ3n) is 2.17. The molecule has 1 fully saturated rings. The van der Waals surface area contributed by atoms with Crippen molar-refractivity contribution in [3.05, 3.63) is 0 Å². The van der Waals surface area contributed by atoms with E-state index in [-0.39, 0.29) is 6.04 Å². The van der Waals surface area contributed by atoms with Gasteiger partial charge in [0.1, 0.15) is 0 Å². The van der Waals surface area contributed by atoms with Crippen molar-refractivity contribution in [3.63, 3.8) is 0 Å². The Morgan fingerprint density at radius 3 is 2.85 bits per heavy atom. The Hall–Kier alpha value is -0.600. The molecular formula is C8H14N2O2S. The van der Waals surface area contributed by atoms with Gasteiger partial charge in [0.2, 0.25) is 10.0 Å². The summed E-state index contributed by atoms with van der Waals surface area (Å²) in [4.78, 5) is 0. The molecule has 0 radical (unpaired) electrons. The Balaban J connectivity index is 2.32. The summed E-state index contributed by atoms with van der Waals surface area (Å²) in [6, 6.07) is 1.73. The minimum atomic E-state index is -3.33. The highest BCUT2D eigenvalue weighted by Crippen LogP contribution is 2.34. The van der Waals surface area contributed by atoms with E-state index in [0.717, 1.165) is 19.3 Å². The lowest BCUT2D eigenvalue weighted by atomic mass is 10.2. The van der Waals surface area contributed by atoms with Crippen molar-refractivity contribution in [2.24, 2.45) is 5.92 Å². The third-order valence-corrected chi connectivity index (χ3v) is 3.34. The second-order valence-electron chi connectivity index (χ2n) is 3.43. The first-order valence-electron chi connectivity index (χ1n) is 4.46. The van der Waals surface area contributed by atoms with Crippen LogP contribution >= 0.6 is 0 Å². The van der Waals surface area contributed by atoms with E-state index in [4.69, 9.17) is 5.26 Å². The van der Waals surface area contributed by atoms with E-state index >= 15 is 0 Å². The first-order chi connectivity index (χ1) is 6.09. The first-order valence-corrected chi connectivity index (χ1v) is 6.11. The smallest absolute Gasteiger partial charge is 0.211 e. The summed E-state index contributed by atoms with van der Waals surface area (Å²) in [5.74, 6) is 0.0704. The van der Waals surface area contributed by atoms with Crippen molar-refractivity contribution in [3.8, 4) is 6.07 Å². The molecule has 1 aliphatic rings. The number of nitrogens with one attached hydrogen (secondary N) is 1. The molecule has 1 saturated carbocycles. The average Bonchev–Trinajstić information content (AvgIpc) is 2.67. The standard InChI is InChI=1S/C8H14N2O2S/c1-2-3-7-6-8(7)10-13(11,12)5-4-9/h7-8,10H,2-3,5-6H2,1H3. The zero-order valence-electron chi connectivity index (χ0n) is 7.66. The van der Waals surface area contributed by atoms with E-state index in [1.807, 2.05) is 0 Å². The third kappa shape index (κ3) is 3.33. The van der Waals surface area contributed by atoms with Gasteiger partial charge in [-0.05, 0) is 18.8 Å². The van der Waals surface area contributed by atoms with Crippen molar-refractivity contribution in [1.82, 2.24) is 4.72 Å². The second kappa shape index (κ2) is 4.07. The molecule has 0 aromatic heterocycles. The molecule has 0 bridgehead atoms. The molecule has 5 heteroatoms. The Kier molecular flexibility index (Phi) is 3.28. The molecule has 0 aromatic carbocycles. The van der Waals surface area contributed by atoms with Crippen LogP contribution < -0.4 is 4.72 Å². The van der Waals surface area contributed by atoms with Crippen LogP contribution in [-0.4, -0.2) is 20.2 Å². The molecule has 0 aliphatic heterocycles. The molecule has 0 heterocycles. The zero-order chi connectivity index (χ0) is 9.90. The number of hydrogen-bond donors (Lipinski definition) is 1. The SMILES string of the molecule is CCCC1CC1NS(=O)(=O)CC#N. The zero-order valence-corrected chi connectivity index (χ0v) is 8.47. The van der Waals surface area contributed by atoms with Gasteiger partial charge < -0.3 is 0 Å². The summed E-state index contributed by atoms with van der Waals surface area (Å²) >= 11 is 0. The summed E-state index contributed by atoms with van der Waals surface area (Å²) in [6.45, 7) is 2.08.